The number of imidazole rings is 1. The van der Waals surface area contributed by atoms with E-state index in [1.165, 1.54) is 101 Å². The summed E-state index contributed by atoms with van der Waals surface area (Å²) in [5.41, 5.74) is 15.2. The highest BCUT2D eigenvalue weighted by molar-refractivity contribution is 6.09. The Morgan fingerprint density at radius 2 is 0.761 bits per heavy atom. The van der Waals surface area contributed by atoms with Gasteiger partial charge in [-0.15, -0.1) is 0 Å². The Bertz CT molecular complexity index is 4210. The Kier molecular flexibility index (Phi) is 19.5. The van der Waals surface area contributed by atoms with Gasteiger partial charge in [0.15, 0.2) is 5.82 Å². The van der Waals surface area contributed by atoms with Gasteiger partial charge in [-0.3, -0.25) is 52.7 Å². The number of nitrogens with one attached hydrogen (secondary N) is 11. The molecule has 8 aromatic rings. The number of hydrogen-bond donors (Lipinski definition) is 13. The van der Waals surface area contributed by atoms with E-state index in [0.717, 1.165) is 13.1 Å². The van der Waals surface area contributed by atoms with Crippen molar-refractivity contribution >= 4 is 105 Å². The molecular weight excluding hydrogens is 1190 g/mol. The molecule has 0 saturated carbocycles. The Labute approximate surface area is 524 Å². The summed E-state index contributed by atoms with van der Waals surface area (Å²) in [5.74, 6) is -5.33. The number of hydrogen-bond acceptors (Lipinski definition) is 14. The van der Waals surface area contributed by atoms with E-state index in [1.807, 2.05) is 4.57 Å². The number of nitrogens with zero attached hydrogens (tertiary/aromatic N) is 9. The number of rotatable bonds is 26. The predicted octanol–water partition coefficient (Wildman–Crippen LogP) is 1.11. The smallest absolute Gasteiger partial charge is 0.291 e. The zero-order valence-corrected chi connectivity index (χ0v) is 51.2. The maximum atomic E-state index is 13.5. The van der Waals surface area contributed by atoms with Crippen LogP contribution in [0.1, 0.15) is 109 Å². The Morgan fingerprint density at radius 1 is 0.446 bits per heavy atom. The second kappa shape index (κ2) is 27.8. The van der Waals surface area contributed by atoms with Crippen LogP contribution in [0.3, 0.4) is 0 Å². The molecule has 9 rings (SSSR count). The second-order valence-corrected chi connectivity index (χ2v) is 22.0. The highest BCUT2D eigenvalue weighted by atomic mass is 16.2. The largest absolute Gasteiger partial charge is 0.364 e. The fourth-order valence-electron chi connectivity index (χ4n) is 10.1. The summed E-state index contributed by atoms with van der Waals surface area (Å²) in [4.78, 5) is 147. The van der Waals surface area contributed by atoms with Crippen LogP contribution in [-0.4, -0.2) is 145 Å². The molecule has 0 aromatic carbocycles. The molecule has 33 heteroatoms. The topological polar surface area (TPSA) is 424 Å². The maximum Gasteiger partial charge on any atom is 0.291 e. The third-order valence-electron chi connectivity index (χ3n) is 14.9. The first-order valence-electron chi connectivity index (χ1n) is 28.7. The molecule has 92 heavy (non-hydrogen) atoms. The Balaban J connectivity index is 0.672. The van der Waals surface area contributed by atoms with Crippen molar-refractivity contribution in [3.05, 3.63) is 144 Å². The van der Waals surface area contributed by atoms with E-state index in [9.17, 15) is 52.7 Å². The van der Waals surface area contributed by atoms with Gasteiger partial charge in [0.1, 0.15) is 39.9 Å². The van der Waals surface area contributed by atoms with E-state index in [2.05, 4.69) is 63.5 Å². The van der Waals surface area contributed by atoms with Crippen LogP contribution in [0.2, 0.25) is 0 Å². The molecule has 1 atom stereocenters. The molecule has 0 aliphatic carbocycles. The standard InChI is InChI=1S/C59H70N22O11/c1-74-25-32(16-41(74)50(61)84)67-48(82)9-12-65-54(87)43-19-36(29-76(43)3)71-58(91)47-22-37(30-80(47)7)72-57(90)46-21-34(27-79(46)6)69-52(85)40(60)8-11-64-53(86)42-18-35(28-75(42)2)70-56(89)45-17-33(26-78(45)5)68-49(83)10-13-66-55(88)44-20-38(31-77(44)4)73-59(92)51-63-14-15-81(51)39-23-62-24-39/h14-22,25-31,39-40,62H,8-13,23-24,60H2,1-7H3,(H2,61,84)(H,64,86)(H,65,87)(H,66,88)(H,67,82)(H,68,83)(H,69,85)(H,70,89)(H,71,91)(H,72,90)(H,73,92)/t40-/m1/s1. The van der Waals surface area contributed by atoms with Crippen molar-refractivity contribution in [1.82, 2.24) is 62.8 Å². The van der Waals surface area contributed by atoms with Gasteiger partial charge in [-0.05, 0) is 48.9 Å². The third kappa shape index (κ3) is 15.4. The number of aryl methyl sites for hydroxylation is 7. The van der Waals surface area contributed by atoms with Crippen molar-refractivity contribution in [3.63, 3.8) is 0 Å². The van der Waals surface area contributed by atoms with Crippen LogP contribution in [0.5, 0.6) is 0 Å². The number of anilines is 7. The molecule has 482 valence electrons. The monoisotopic (exact) mass is 1260 g/mol. The fourth-order valence-corrected chi connectivity index (χ4v) is 10.1. The lowest BCUT2D eigenvalue weighted by atomic mass is 10.2. The molecule has 1 saturated heterocycles. The number of nitrogens with two attached hydrogens (primary N) is 2. The summed E-state index contributed by atoms with van der Waals surface area (Å²) in [6.45, 7) is 1.46. The van der Waals surface area contributed by atoms with Crippen molar-refractivity contribution in [3.8, 4) is 0 Å². The maximum absolute atomic E-state index is 13.5. The first-order chi connectivity index (χ1) is 43.8. The third-order valence-corrected chi connectivity index (χ3v) is 14.9. The predicted molar refractivity (Wildman–Crippen MR) is 337 cm³/mol. The quantitative estimate of drug-likeness (QED) is 0.0361. The lowest BCUT2D eigenvalue weighted by Crippen LogP contribution is -2.44. The van der Waals surface area contributed by atoms with E-state index in [1.54, 1.807) is 78.7 Å². The molecule has 1 aliphatic heterocycles. The van der Waals surface area contributed by atoms with Gasteiger partial charge in [-0.25, -0.2) is 4.98 Å². The van der Waals surface area contributed by atoms with Gasteiger partial charge in [0.05, 0.1) is 51.9 Å². The summed E-state index contributed by atoms with van der Waals surface area (Å²) in [5, 5.41) is 30.4. The fraction of sp³-hybridized carbons (Fsp3) is 0.288. The Hall–Kier alpha value is -11.7. The minimum Gasteiger partial charge on any atom is -0.364 e. The molecule has 8 aromatic heterocycles. The molecule has 0 spiro atoms. The van der Waals surface area contributed by atoms with E-state index in [4.69, 9.17) is 11.5 Å². The summed E-state index contributed by atoms with van der Waals surface area (Å²) in [7, 11) is 11.3. The van der Waals surface area contributed by atoms with Gasteiger partial charge in [-0.1, -0.05) is 0 Å². The van der Waals surface area contributed by atoms with E-state index >= 15 is 0 Å². The normalized spacial score (nSPS) is 12.3. The van der Waals surface area contributed by atoms with Crippen molar-refractivity contribution < 1.29 is 52.7 Å². The van der Waals surface area contributed by atoms with Gasteiger partial charge in [0, 0.05) is 151 Å². The summed E-state index contributed by atoms with van der Waals surface area (Å²) < 4.78 is 12.4. The van der Waals surface area contributed by atoms with E-state index in [-0.39, 0.29) is 102 Å². The van der Waals surface area contributed by atoms with Crippen molar-refractivity contribution in [2.45, 2.75) is 31.3 Å². The first kappa shape index (κ1) is 64.7. The number of carbonyl (C=O) groups is 11. The van der Waals surface area contributed by atoms with Gasteiger partial charge in [0.25, 0.3) is 47.3 Å². The molecule has 9 heterocycles. The lowest BCUT2D eigenvalue weighted by molar-refractivity contribution is -0.118. The highest BCUT2D eigenvalue weighted by Crippen LogP contribution is 2.23. The number of carbonyl (C=O) groups excluding carboxylic acids is 11. The summed E-state index contributed by atoms with van der Waals surface area (Å²) in [6, 6.07) is 9.34. The van der Waals surface area contributed by atoms with Crippen LogP contribution < -0.4 is 70.0 Å². The summed E-state index contributed by atoms with van der Waals surface area (Å²) >= 11 is 0. The van der Waals surface area contributed by atoms with E-state index in [0.29, 0.717) is 28.4 Å². The second-order valence-electron chi connectivity index (χ2n) is 22.0. The molecule has 11 amide bonds. The van der Waals surface area contributed by atoms with Crippen molar-refractivity contribution in [2.75, 3.05) is 69.9 Å². The van der Waals surface area contributed by atoms with Gasteiger partial charge >= 0.3 is 0 Å². The number of amides is 11. The average Bonchev–Trinajstić information content (AvgIpc) is 1.69. The minimum absolute atomic E-state index is 0.00114. The first-order valence-corrected chi connectivity index (χ1v) is 28.7. The van der Waals surface area contributed by atoms with Crippen molar-refractivity contribution in [1.29, 1.82) is 0 Å². The molecule has 1 fully saturated rings. The van der Waals surface area contributed by atoms with Gasteiger partial charge in [-0.2, -0.15) is 0 Å². The summed E-state index contributed by atoms with van der Waals surface area (Å²) in [6.07, 6.45) is 14.0. The van der Waals surface area contributed by atoms with Gasteiger partial charge in [0.2, 0.25) is 17.7 Å². The molecule has 33 nitrogen and oxygen atoms in total. The molecule has 0 unspecified atom stereocenters. The van der Waals surface area contributed by atoms with E-state index < -0.39 is 71.0 Å². The lowest BCUT2D eigenvalue weighted by Gasteiger charge is -2.29. The van der Waals surface area contributed by atoms with Crippen LogP contribution >= 0.6 is 0 Å². The van der Waals surface area contributed by atoms with Crippen LogP contribution in [0.4, 0.5) is 39.8 Å². The number of primary amides is 1. The van der Waals surface area contributed by atoms with Gasteiger partial charge < -0.3 is 106 Å². The number of aromatic nitrogens is 9. The highest BCUT2D eigenvalue weighted by Gasteiger charge is 2.26. The van der Waals surface area contributed by atoms with Crippen LogP contribution in [0, 0.1) is 0 Å². The van der Waals surface area contributed by atoms with Crippen LogP contribution in [-0.2, 0) is 63.7 Å². The minimum atomic E-state index is -1.08. The zero-order chi connectivity index (χ0) is 66.2. The molecule has 0 bridgehead atoms. The molecule has 15 N–H and O–H groups in total. The van der Waals surface area contributed by atoms with Crippen molar-refractivity contribution in [2.24, 2.45) is 60.8 Å². The van der Waals surface area contributed by atoms with Crippen LogP contribution in [0.25, 0.3) is 0 Å². The van der Waals surface area contributed by atoms with Crippen LogP contribution in [0.15, 0.2) is 98.2 Å². The average molecular weight is 1260 g/mol. The molecular formula is C59H70N22O11. The SMILES string of the molecule is Cn1cc(NC(=O)CCNC(=O)c2cc(NC(=O)c3cc(NC(=O)c4cc(NC(=O)[C@H](N)CCNC(=O)c5cc(NC(=O)c6cc(NC(=O)CCNC(=O)c7cc(NC(=O)c8nccn8C8CNC8)cn7C)cn6C)cn5C)cn4C)cn3C)cn2C)cc1C(N)=O. The molecule has 1 aliphatic rings. The Morgan fingerprint density at radius 3 is 1.11 bits per heavy atom. The zero-order valence-electron chi connectivity index (χ0n) is 51.2. The molecule has 0 radical (unpaired) electrons.